The van der Waals surface area contributed by atoms with Crippen LogP contribution < -0.4 is 5.32 Å². The molecule has 3 nitrogen and oxygen atoms in total. The van der Waals surface area contributed by atoms with Crippen LogP contribution in [0.3, 0.4) is 0 Å². The number of carbonyl (C=O) groups excluding carboxylic acids is 1. The lowest BCUT2D eigenvalue weighted by Gasteiger charge is -2.42. The second-order valence-electron chi connectivity index (χ2n) is 4.95. The quantitative estimate of drug-likeness (QED) is 0.862. The molecule has 1 N–H and O–H groups in total. The molecule has 0 bridgehead atoms. The highest BCUT2D eigenvalue weighted by Gasteiger charge is 2.33. The van der Waals surface area contributed by atoms with Crippen molar-refractivity contribution >= 4 is 21.8 Å². The molecule has 1 heterocycles. The number of piperazine rings is 1. The molecule has 0 aromatic heterocycles. The summed E-state index contributed by atoms with van der Waals surface area (Å²) in [5, 5.41) is 3.32. The second kappa shape index (κ2) is 4.78. The van der Waals surface area contributed by atoms with E-state index in [1.165, 1.54) is 0 Å². The van der Waals surface area contributed by atoms with E-state index in [4.69, 9.17) is 0 Å². The Morgan fingerprint density at radius 3 is 2.59 bits per heavy atom. The first kappa shape index (κ1) is 12.6. The van der Waals surface area contributed by atoms with Gasteiger partial charge in [0.25, 0.3) is 5.91 Å². The highest BCUT2D eigenvalue weighted by atomic mass is 79.9. The molecule has 1 saturated heterocycles. The Labute approximate surface area is 110 Å². The average Bonchev–Trinajstić information content (AvgIpc) is 2.28. The number of nitrogens with zero attached hydrogens (tertiary/aromatic N) is 1. The predicted octanol–water partition coefficient (Wildman–Crippen LogP) is 2.27. The Bertz CT molecular complexity index is 414. The van der Waals surface area contributed by atoms with Gasteiger partial charge in [-0.25, -0.2) is 0 Å². The van der Waals surface area contributed by atoms with Gasteiger partial charge in [0.05, 0.1) is 5.54 Å². The molecule has 0 spiro atoms. The molecule has 0 radical (unpaired) electrons. The highest BCUT2D eigenvalue weighted by molar-refractivity contribution is 9.10. The summed E-state index contributed by atoms with van der Waals surface area (Å²) >= 11 is 3.38. The monoisotopic (exact) mass is 296 g/mol. The number of amides is 1. The molecule has 2 rings (SSSR count). The average molecular weight is 297 g/mol. The maximum absolute atomic E-state index is 12.4. The van der Waals surface area contributed by atoms with Crippen LogP contribution in [0.5, 0.6) is 0 Å². The second-order valence-corrected chi connectivity index (χ2v) is 5.87. The molecule has 1 aliphatic heterocycles. The van der Waals surface area contributed by atoms with E-state index >= 15 is 0 Å². The van der Waals surface area contributed by atoms with Crippen LogP contribution in [-0.4, -0.2) is 36.0 Å². The zero-order valence-electron chi connectivity index (χ0n) is 10.2. The highest BCUT2D eigenvalue weighted by Crippen LogP contribution is 2.20. The minimum atomic E-state index is -0.123. The molecule has 4 heteroatoms. The molecule has 0 unspecified atom stereocenters. The summed E-state index contributed by atoms with van der Waals surface area (Å²) in [6.45, 7) is 6.66. The Balaban J connectivity index is 2.21. The maximum Gasteiger partial charge on any atom is 0.254 e. The van der Waals surface area contributed by atoms with Gasteiger partial charge in [-0.15, -0.1) is 0 Å². The van der Waals surface area contributed by atoms with Crippen LogP contribution in [0.25, 0.3) is 0 Å². The minimum Gasteiger partial charge on any atom is -0.331 e. The van der Waals surface area contributed by atoms with Crippen molar-refractivity contribution in [2.24, 2.45) is 0 Å². The molecule has 1 aromatic rings. The van der Waals surface area contributed by atoms with Crippen LogP contribution in [0.1, 0.15) is 24.2 Å². The number of halogens is 1. The molecule has 0 aliphatic carbocycles. The van der Waals surface area contributed by atoms with Crippen LogP contribution in [0.2, 0.25) is 0 Å². The topological polar surface area (TPSA) is 32.3 Å². The van der Waals surface area contributed by atoms with Gasteiger partial charge in [0, 0.05) is 29.7 Å². The van der Waals surface area contributed by atoms with E-state index in [1.807, 2.05) is 29.2 Å². The molecule has 0 atom stereocenters. The van der Waals surface area contributed by atoms with Crippen LogP contribution in [-0.2, 0) is 0 Å². The Morgan fingerprint density at radius 2 is 2.00 bits per heavy atom. The number of hydrogen-bond acceptors (Lipinski definition) is 2. The van der Waals surface area contributed by atoms with Gasteiger partial charge < -0.3 is 10.2 Å². The van der Waals surface area contributed by atoms with Crippen molar-refractivity contribution in [3.63, 3.8) is 0 Å². The summed E-state index contributed by atoms with van der Waals surface area (Å²) in [4.78, 5) is 14.4. The van der Waals surface area contributed by atoms with E-state index in [1.54, 1.807) is 0 Å². The lowest BCUT2D eigenvalue weighted by Crippen LogP contribution is -2.59. The van der Waals surface area contributed by atoms with Crippen LogP contribution >= 0.6 is 15.9 Å². The third-order valence-electron chi connectivity index (χ3n) is 3.14. The smallest absolute Gasteiger partial charge is 0.254 e. The zero-order valence-corrected chi connectivity index (χ0v) is 11.8. The van der Waals surface area contributed by atoms with E-state index in [0.29, 0.717) is 0 Å². The first-order chi connectivity index (χ1) is 8.00. The standard InChI is InChI=1S/C13H17BrN2O/c1-13(2)9-15-7-8-16(13)12(17)10-3-5-11(14)6-4-10/h3-6,15H,7-9H2,1-2H3. The van der Waals surface area contributed by atoms with Gasteiger partial charge in [0.2, 0.25) is 0 Å². The fourth-order valence-corrected chi connectivity index (χ4v) is 2.37. The number of hydrogen-bond donors (Lipinski definition) is 1. The fraction of sp³-hybridized carbons (Fsp3) is 0.462. The zero-order chi connectivity index (χ0) is 12.5. The summed E-state index contributed by atoms with van der Waals surface area (Å²) in [6.07, 6.45) is 0. The van der Waals surface area contributed by atoms with Crippen LogP contribution in [0.4, 0.5) is 0 Å². The van der Waals surface area contributed by atoms with Crippen molar-refractivity contribution in [2.75, 3.05) is 19.6 Å². The van der Waals surface area contributed by atoms with Crippen LogP contribution in [0, 0.1) is 0 Å². The number of nitrogens with one attached hydrogen (secondary N) is 1. The van der Waals surface area contributed by atoms with Gasteiger partial charge in [-0.3, -0.25) is 4.79 Å². The van der Waals surface area contributed by atoms with E-state index in [-0.39, 0.29) is 11.4 Å². The number of carbonyl (C=O) groups is 1. The number of benzene rings is 1. The van der Waals surface area contributed by atoms with Crippen molar-refractivity contribution < 1.29 is 4.79 Å². The molecule has 1 aromatic carbocycles. The van der Waals surface area contributed by atoms with E-state index in [0.717, 1.165) is 29.7 Å². The van der Waals surface area contributed by atoms with Gasteiger partial charge in [0.15, 0.2) is 0 Å². The molecule has 17 heavy (non-hydrogen) atoms. The lowest BCUT2D eigenvalue weighted by molar-refractivity contribution is 0.0477. The minimum absolute atomic E-state index is 0.115. The molecule has 1 fully saturated rings. The lowest BCUT2D eigenvalue weighted by atomic mass is 9.99. The molecule has 92 valence electrons. The Kier molecular flexibility index (Phi) is 3.54. The predicted molar refractivity (Wildman–Crippen MR) is 72.1 cm³/mol. The Morgan fingerprint density at radius 1 is 1.35 bits per heavy atom. The summed E-state index contributed by atoms with van der Waals surface area (Å²) in [5.41, 5.74) is 0.630. The van der Waals surface area contributed by atoms with Gasteiger partial charge in [-0.2, -0.15) is 0 Å². The van der Waals surface area contributed by atoms with Crippen molar-refractivity contribution in [1.29, 1.82) is 0 Å². The molecule has 1 amide bonds. The molecular formula is C13H17BrN2O. The third kappa shape index (κ3) is 2.69. The summed E-state index contributed by atoms with van der Waals surface area (Å²) < 4.78 is 0.994. The summed E-state index contributed by atoms with van der Waals surface area (Å²) in [7, 11) is 0. The Hall–Kier alpha value is -0.870. The summed E-state index contributed by atoms with van der Waals surface area (Å²) in [6, 6.07) is 7.54. The normalized spacial score (nSPS) is 19.1. The van der Waals surface area contributed by atoms with Crippen molar-refractivity contribution in [3.05, 3.63) is 34.3 Å². The van der Waals surface area contributed by atoms with E-state index in [9.17, 15) is 4.79 Å². The first-order valence-corrected chi connectivity index (χ1v) is 6.58. The van der Waals surface area contributed by atoms with Crippen molar-refractivity contribution in [3.8, 4) is 0 Å². The van der Waals surface area contributed by atoms with Gasteiger partial charge in [0.1, 0.15) is 0 Å². The van der Waals surface area contributed by atoms with Gasteiger partial charge in [-0.05, 0) is 38.1 Å². The van der Waals surface area contributed by atoms with Crippen molar-refractivity contribution in [1.82, 2.24) is 10.2 Å². The number of rotatable bonds is 1. The van der Waals surface area contributed by atoms with Gasteiger partial charge >= 0.3 is 0 Å². The third-order valence-corrected chi connectivity index (χ3v) is 3.67. The van der Waals surface area contributed by atoms with E-state index < -0.39 is 0 Å². The SMILES string of the molecule is CC1(C)CNCCN1C(=O)c1ccc(Br)cc1. The van der Waals surface area contributed by atoms with Crippen LogP contribution in [0.15, 0.2) is 28.7 Å². The van der Waals surface area contributed by atoms with Gasteiger partial charge in [-0.1, -0.05) is 15.9 Å². The summed E-state index contributed by atoms with van der Waals surface area (Å²) in [5.74, 6) is 0.115. The fourth-order valence-electron chi connectivity index (χ4n) is 2.11. The largest absolute Gasteiger partial charge is 0.331 e. The molecule has 0 saturated carbocycles. The maximum atomic E-state index is 12.4. The van der Waals surface area contributed by atoms with E-state index in [2.05, 4.69) is 35.1 Å². The molecule has 1 aliphatic rings. The molecular weight excluding hydrogens is 280 g/mol. The van der Waals surface area contributed by atoms with Crippen molar-refractivity contribution in [2.45, 2.75) is 19.4 Å². The first-order valence-electron chi connectivity index (χ1n) is 5.79.